The maximum absolute atomic E-state index is 12.3. The summed E-state index contributed by atoms with van der Waals surface area (Å²) in [6.45, 7) is 10.7. The zero-order chi connectivity index (χ0) is 22.2. The van der Waals surface area contributed by atoms with Gasteiger partial charge in [0.25, 0.3) is 0 Å². The molecule has 1 amide bonds. The first-order valence-corrected chi connectivity index (χ1v) is 10.8. The third kappa shape index (κ3) is 6.83. The van der Waals surface area contributed by atoms with E-state index in [4.69, 9.17) is 28.4 Å². The third-order valence-corrected chi connectivity index (χ3v) is 5.69. The van der Waals surface area contributed by atoms with Gasteiger partial charge in [0.1, 0.15) is 23.4 Å². The molecule has 0 bridgehead atoms. The van der Waals surface area contributed by atoms with Gasteiger partial charge in [-0.15, -0.1) is 0 Å². The summed E-state index contributed by atoms with van der Waals surface area (Å²) >= 11 is 0. The zero-order valence-electron chi connectivity index (χ0n) is 19.3. The van der Waals surface area contributed by atoms with E-state index in [9.17, 15) is 4.79 Å². The molecule has 2 fully saturated rings. The molecule has 1 unspecified atom stereocenters. The zero-order valence-corrected chi connectivity index (χ0v) is 19.3. The summed E-state index contributed by atoms with van der Waals surface area (Å²) in [4.78, 5) is 12.3. The van der Waals surface area contributed by atoms with Gasteiger partial charge in [0, 0.05) is 20.8 Å². The van der Waals surface area contributed by atoms with E-state index < -0.39 is 11.7 Å². The molecule has 1 spiro atoms. The van der Waals surface area contributed by atoms with E-state index in [-0.39, 0.29) is 23.7 Å². The Balaban J connectivity index is 1.95. The van der Waals surface area contributed by atoms with Crippen LogP contribution in [0, 0.1) is 11.8 Å². The molecule has 0 aromatic heterocycles. The summed E-state index contributed by atoms with van der Waals surface area (Å²) < 4.78 is 33.9. The number of methoxy groups -OCH3 is 2. The largest absolute Gasteiger partial charge is 0.495 e. The Morgan fingerprint density at radius 1 is 1.27 bits per heavy atom. The minimum atomic E-state index is -0.545. The summed E-state index contributed by atoms with van der Waals surface area (Å²) in [6, 6.07) is 0. The van der Waals surface area contributed by atoms with Crippen molar-refractivity contribution in [3.8, 4) is 0 Å². The molecule has 1 N–H and O–H groups in total. The van der Waals surface area contributed by atoms with Crippen molar-refractivity contribution < 1.29 is 33.2 Å². The van der Waals surface area contributed by atoms with Gasteiger partial charge < -0.3 is 33.7 Å². The van der Waals surface area contributed by atoms with Crippen LogP contribution in [0.15, 0.2) is 12.3 Å². The van der Waals surface area contributed by atoms with E-state index in [1.54, 1.807) is 20.5 Å². The molecule has 2 rings (SSSR count). The van der Waals surface area contributed by atoms with Crippen LogP contribution in [0.4, 0.5) is 4.79 Å². The Hall–Kier alpha value is -1.35. The highest BCUT2D eigenvalue weighted by molar-refractivity contribution is 5.67. The van der Waals surface area contributed by atoms with E-state index in [1.807, 2.05) is 19.9 Å². The third-order valence-electron chi connectivity index (χ3n) is 5.69. The van der Waals surface area contributed by atoms with Crippen LogP contribution in [0.2, 0.25) is 0 Å². The smallest absolute Gasteiger partial charge is 0.407 e. The SMILES string of the molecule is COCCOCCNC(=O)O[C@@H]1CC[C@]2(CO2)C(C(C)(C)O/C=C/C(C)C)[C@@H]1OC. The van der Waals surface area contributed by atoms with E-state index >= 15 is 0 Å². The quantitative estimate of drug-likeness (QED) is 0.290. The molecule has 1 saturated heterocycles. The van der Waals surface area contributed by atoms with Crippen LogP contribution in [-0.4, -0.2) is 76.7 Å². The van der Waals surface area contributed by atoms with Gasteiger partial charge in [-0.2, -0.15) is 0 Å². The molecule has 1 heterocycles. The Morgan fingerprint density at radius 2 is 2.00 bits per heavy atom. The molecule has 4 atom stereocenters. The lowest BCUT2D eigenvalue weighted by molar-refractivity contribution is -0.159. The van der Waals surface area contributed by atoms with Gasteiger partial charge in [-0.3, -0.25) is 0 Å². The molecular formula is C22H39NO7. The van der Waals surface area contributed by atoms with Crippen molar-refractivity contribution in [2.45, 2.75) is 63.9 Å². The predicted octanol–water partition coefficient (Wildman–Crippen LogP) is 2.90. The average molecular weight is 430 g/mol. The summed E-state index contributed by atoms with van der Waals surface area (Å²) in [7, 11) is 3.27. The predicted molar refractivity (Wildman–Crippen MR) is 112 cm³/mol. The van der Waals surface area contributed by atoms with E-state index in [0.29, 0.717) is 45.3 Å². The number of epoxide rings is 1. The highest BCUT2D eigenvalue weighted by Gasteiger charge is 2.64. The second-order valence-corrected chi connectivity index (χ2v) is 8.84. The number of hydrogen-bond acceptors (Lipinski definition) is 7. The Morgan fingerprint density at radius 3 is 2.60 bits per heavy atom. The monoisotopic (exact) mass is 429 g/mol. The van der Waals surface area contributed by atoms with Crippen molar-refractivity contribution in [3.05, 3.63) is 12.3 Å². The van der Waals surface area contributed by atoms with Gasteiger partial charge in [-0.25, -0.2) is 4.79 Å². The van der Waals surface area contributed by atoms with E-state index in [1.165, 1.54) is 0 Å². The molecule has 8 heteroatoms. The van der Waals surface area contributed by atoms with Crippen LogP contribution in [0.1, 0.15) is 40.5 Å². The molecule has 30 heavy (non-hydrogen) atoms. The van der Waals surface area contributed by atoms with Crippen molar-refractivity contribution in [1.82, 2.24) is 5.32 Å². The van der Waals surface area contributed by atoms with Crippen molar-refractivity contribution in [2.75, 3.05) is 47.2 Å². The first-order chi connectivity index (χ1) is 14.3. The topological polar surface area (TPSA) is 87.8 Å². The second-order valence-electron chi connectivity index (χ2n) is 8.84. The fraction of sp³-hybridized carbons (Fsp3) is 0.864. The van der Waals surface area contributed by atoms with Crippen molar-refractivity contribution in [3.63, 3.8) is 0 Å². The molecule has 0 aromatic rings. The number of alkyl carbamates (subject to hydrolysis) is 1. The van der Waals surface area contributed by atoms with Crippen LogP contribution in [0.5, 0.6) is 0 Å². The standard InChI is InChI=1S/C22H39NO7/c1-16(2)8-11-28-21(3,4)19-18(26-6)17(7-9-22(19)15-29-22)30-20(24)23-10-12-27-14-13-25-5/h8,11,16-19H,7,9-10,12-15H2,1-6H3,(H,23,24)/b11-8+/t17-,18-,19?,22+/m1/s1. The molecule has 174 valence electrons. The molecule has 1 aliphatic carbocycles. The number of carbonyl (C=O) groups is 1. The van der Waals surface area contributed by atoms with Gasteiger partial charge in [0.2, 0.25) is 0 Å². The van der Waals surface area contributed by atoms with Crippen LogP contribution >= 0.6 is 0 Å². The Bertz CT molecular complexity index is 560. The van der Waals surface area contributed by atoms with Gasteiger partial charge >= 0.3 is 6.09 Å². The van der Waals surface area contributed by atoms with E-state index in [0.717, 1.165) is 6.42 Å². The van der Waals surface area contributed by atoms with Gasteiger partial charge in [0.05, 0.1) is 38.6 Å². The van der Waals surface area contributed by atoms with Crippen LogP contribution in [0.25, 0.3) is 0 Å². The molecular weight excluding hydrogens is 390 g/mol. The first kappa shape index (κ1) is 24.9. The summed E-state index contributed by atoms with van der Waals surface area (Å²) in [5, 5.41) is 2.73. The van der Waals surface area contributed by atoms with Crippen molar-refractivity contribution in [1.29, 1.82) is 0 Å². The molecule has 1 aliphatic heterocycles. The number of amides is 1. The normalized spacial score (nSPS) is 28.8. The van der Waals surface area contributed by atoms with Crippen LogP contribution in [-0.2, 0) is 28.4 Å². The highest BCUT2D eigenvalue weighted by atomic mass is 16.6. The fourth-order valence-electron chi connectivity index (χ4n) is 4.17. The van der Waals surface area contributed by atoms with Crippen LogP contribution < -0.4 is 5.32 Å². The lowest BCUT2D eigenvalue weighted by Gasteiger charge is -2.47. The minimum absolute atomic E-state index is 0.0734. The number of rotatable bonds is 12. The number of nitrogens with one attached hydrogen (secondary N) is 1. The van der Waals surface area contributed by atoms with E-state index in [2.05, 4.69) is 19.2 Å². The molecule has 0 radical (unpaired) electrons. The lowest BCUT2D eigenvalue weighted by Crippen LogP contribution is -2.58. The number of hydrogen-bond donors (Lipinski definition) is 1. The lowest BCUT2D eigenvalue weighted by atomic mass is 9.68. The summed E-state index contributed by atoms with van der Waals surface area (Å²) in [5.74, 6) is 0.325. The highest BCUT2D eigenvalue weighted by Crippen LogP contribution is 2.52. The van der Waals surface area contributed by atoms with Crippen LogP contribution in [0.3, 0.4) is 0 Å². The minimum Gasteiger partial charge on any atom is -0.495 e. The van der Waals surface area contributed by atoms with Gasteiger partial charge in [0.15, 0.2) is 0 Å². The summed E-state index contributed by atoms with van der Waals surface area (Å²) in [6.07, 6.45) is 4.09. The molecule has 0 aromatic carbocycles. The van der Waals surface area contributed by atoms with Gasteiger partial charge in [-0.05, 0) is 38.7 Å². The van der Waals surface area contributed by atoms with Gasteiger partial charge in [-0.1, -0.05) is 13.8 Å². The summed E-state index contributed by atoms with van der Waals surface area (Å²) in [5.41, 5.74) is -0.822. The maximum Gasteiger partial charge on any atom is 0.407 e. The number of ether oxygens (including phenoxy) is 6. The first-order valence-electron chi connectivity index (χ1n) is 10.8. The average Bonchev–Trinajstić information content (AvgIpc) is 3.44. The van der Waals surface area contributed by atoms with Crippen molar-refractivity contribution >= 4 is 6.09 Å². The fourth-order valence-corrected chi connectivity index (χ4v) is 4.17. The maximum atomic E-state index is 12.3. The molecule has 2 aliphatic rings. The number of carbonyl (C=O) groups excluding carboxylic acids is 1. The Labute approximate surface area is 180 Å². The second kappa shape index (κ2) is 11.3. The molecule has 8 nitrogen and oxygen atoms in total. The molecule has 1 saturated carbocycles. The Kier molecular flexibility index (Phi) is 9.40. The van der Waals surface area contributed by atoms with Crippen molar-refractivity contribution in [2.24, 2.45) is 11.8 Å². The number of allylic oxidation sites excluding steroid dienone is 1.